The molecule has 0 bridgehead atoms. The molecule has 0 N–H and O–H groups in total. The first-order valence-electron chi connectivity index (χ1n) is 7.86. The quantitative estimate of drug-likeness (QED) is 0.733. The Bertz CT molecular complexity index is 715. The van der Waals surface area contributed by atoms with E-state index in [9.17, 15) is 4.79 Å². The number of benzene rings is 1. The Morgan fingerprint density at radius 3 is 2.33 bits per heavy atom. The molecule has 2 aromatic rings. The molecule has 0 aliphatic rings. The van der Waals surface area contributed by atoms with E-state index in [0.717, 1.165) is 5.56 Å². The number of carbonyl (C=O) groups is 1. The Labute approximate surface area is 147 Å². The van der Waals surface area contributed by atoms with Crippen LogP contribution in [-0.2, 0) is 17.6 Å². The molecule has 0 fully saturated rings. The number of carbonyl (C=O) groups excluding carboxylic acids is 1. The molecule has 0 saturated carbocycles. The highest BCUT2D eigenvalue weighted by atomic mass is 35.5. The standard InChI is InChI=1S/C18H21ClN2O3/c1-5-14-16(24-18(22)23-4)15(10-11(2)3)21-17(20-14)12-6-8-13(19)9-7-12/h6-9,11H,5,10H2,1-4H3. The molecule has 128 valence electrons. The average Bonchev–Trinajstić information content (AvgIpc) is 2.56. The lowest BCUT2D eigenvalue weighted by Gasteiger charge is -2.15. The van der Waals surface area contributed by atoms with E-state index in [0.29, 0.717) is 46.7 Å². The van der Waals surface area contributed by atoms with Crippen molar-refractivity contribution >= 4 is 17.8 Å². The maximum Gasteiger partial charge on any atom is 0.513 e. The molecule has 1 heterocycles. The van der Waals surface area contributed by atoms with Crippen molar-refractivity contribution in [1.82, 2.24) is 9.97 Å². The number of hydrogen-bond donors (Lipinski definition) is 0. The van der Waals surface area contributed by atoms with Gasteiger partial charge in [0.15, 0.2) is 11.6 Å². The summed E-state index contributed by atoms with van der Waals surface area (Å²) >= 11 is 5.94. The molecular weight excluding hydrogens is 328 g/mol. The first kappa shape index (κ1) is 18.2. The number of nitrogens with zero attached hydrogens (tertiary/aromatic N) is 2. The van der Waals surface area contributed by atoms with Crippen molar-refractivity contribution in [2.75, 3.05) is 7.11 Å². The summed E-state index contributed by atoms with van der Waals surface area (Å²) in [6, 6.07) is 7.34. The van der Waals surface area contributed by atoms with Crippen LogP contribution in [0.3, 0.4) is 0 Å². The minimum atomic E-state index is -0.766. The van der Waals surface area contributed by atoms with Crippen LogP contribution in [0.4, 0.5) is 4.79 Å². The summed E-state index contributed by atoms with van der Waals surface area (Å²) < 4.78 is 9.93. The summed E-state index contributed by atoms with van der Waals surface area (Å²) in [6.45, 7) is 6.12. The molecule has 0 unspecified atom stereocenters. The highest BCUT2D eigenvalue weighted by Crippen LogP contribution is 2.28. The van der Waals surface area contributed by atoms with E-state index in [-0.39, 0.29) is 0 Å². The van der Waals surface area contributed by atoms with E-state index in [1.165, 1.54) is 7.11 Å². The fourth-order valence-corrected chi connectivity index (χ4v) is 2.41. The van der Waals surface area contributed by atoms with Gasteiger partial charge < -0.3 is 9.47 Å². The normalized spacial score (nSPS) is 10.8. The third-order valence-electron chi connectivity index (χ3n) is 3.40. The van der Waals surface area contributed by atoms with E-state index in [2.05, 4.69) is 28.6 Å². The predicted molar refractivity (Wildman–Crippen MR) is 93.4 cm³/mol. The second-order valence-electron chi connectivity index (χ2n) is 5.78. The number of aromatic nitrogens is 2. The number of aryl methyl sites for hydroxylation is 1. The van der Waals surface area contributed by atoms with Gasteiger partial charge in [-0.2, -0.15) is 0 Å². The third kappa shape index (κ3) is 4.45. The Morgan fingerprint density at radius 1 is 1.17 bits per heavy atom. The van der Waals surface area contributed by atoms with Gasteiger partial charge in [0.1, 0.15) is 0 Å². The van der Waals surface area contributed by atoms with Crippen molar-refractivity contribution < 1.29 is 14.3 Å². The largest absolute Gasteiger partial charge is 0.513 e. The second kappa shape index (κ2) is 8.11. The zero-order valence-electron chi connectivity index (χ0n) is 14.3. The lowest BCUT2D eigenvalue weighted by Crippen LogP contribution is -2.14. The molecule has 24 heavy (non-hydrogen) atoms. The first-order chi connectivity index (χ1) is 11.4. The van der Waals surface area contributed by atoms with Gasteiger partial charge >= 0.3 is 6.16 Å². The summed E-state index contributed by atoms with van der Waals surface area (Å²) in [5, 5.41) is 0.655. The predicted octanol–water partition coefficient (Wildman–Crippen LogP) is 4.70. The van der Waals surface area contributed by atoms with Gasteiger partial charge in [-0.25, -0.2) is 14.8 Å². The highest BCUT2D eigenvalue weighted by molar-refractivity contribution is 6.30. The van der Waals surface area contributed by atoms with Crippen LogP contribution in [0.1, 0.15) is 32.2 Å². The monoisotopic (exact) mass is 348 g/mol. The zero-order valence-corrected chi connectivity index (χ0v) is 15.1. The van der Waals surface area contributed by atoms with Crippen LogP contribution in [0.15, 0.2) is 24.3 Å². The molecule has 1 aromatic carbocycles. The van der Waals surface area contributed by atoms with Gasteiger partial charge in [-0.05, 0) is 43.0 Å². The van der Waals surface area contributed by atoms with E-state index < -0.39 is 6.16 Å². The first-order valence-corrected chi connectivity index (χ1v) is 8.23. The van der Waals surface area contributed by atoms with Gasteiger partial charge in [-0.1, -0.05) is 32.4 Å². The lowest BCUT2D eigenvalue weighted by atomic mass is 10.1. The van der Waals surface area contributed by atoms with Crippen LogP contribution >= 0.6 is 11.6 Å². The molecule has 0 aliphatic carbocycles. The molecule has 0 radical (unpaired) electrons. The van der Waals surface area contributed by atoms with Crippen LogP contribution in [-0.4, -0.2) is 23.2 Å². The topological polar surface area (TPSA) is 61.3 Å². The average molecular weight is 349 g/mol. The van der Waals surface area contributed by atoms with Gasteiger partial charge in [0.25, 0.3) is 0 Å². The molecule has 0 spiro atoms. The van der Waals surface area contributed by atoms with Gasteiger partial charge in [0, 0.05) is 10.6 Å². The van der Waals surface area contributed by atoms with E-state index in [1.54, 1.807) is 12.1 Å². The van der Waals surface area contributed by atoms with Crippen LogP contribution in [0.25, 0.3) is 11.4 Å². The molecule has 0 aliphatic heterocycles. The number of rotatable bonds is 5. The van der Waals surface area contributed by atoms with Crippen molar-refractivity contribution in [3.8, 4) is 17.1 Å². The van der Waals surface area contributed by atoms with Crippen molar-refractivity contribution in [3.63, 3.8) is 0 Å². The van der Waals surface area contributed by atoms with Gasteiger partial charge in [-0.3, -0.25) is 0 Å². The lowest BCUT2D eigenvalue weighted by molar-refractivity contribution is 0.120. The molecule has 1 aromatic heterocycles. The van der Waals surface area contributed by atoms with Crippen molar-refractivity contribution in [3.05, 3.63) is 40.7 Å². The highest BCUT2D eigenvalue weighted by Gasteiger charge is 2.19. The minimum absolute atomic E-state index is 0.350. The molecule has 0 atom stereocenters. The maximum atomic E-state index is 11.6. The molecule has 6 heteroatoms. The molecular formula is C18H21ClN2O3. The Balaban J connectivity index is 2.54. The number of hydrogen-bond acceptors (Lipinski definition) is 5. The smallest absolute Gasteiger partial charge is 0.437 e. The van der Waals surface area contributed by atoms with Crippen molar-refractivity contribution in [2.24, 2.45) is 5.92 Å². The maximum absolute atomic E-state index is 11.6. The summed E-state index contributed by atoms with van der Waals surface area (Å²) in [7, 11) is 1.28. The van der Waals surface area contributed by atoms with Crippen LogP contribution in [0, 0.1) is 5.92 Å². The SMILES string of the molecule is CCc1nc(-c2ccc(Cl)cc2)nc(CC(C)C)c1OC(=O)OC. The van der Waals surface area contributed by atoms with E-state index >= 15 is 0 Å². The number of ether oxygens (including phenoxy) is 2. The summed E-state index contributed by atoms with van der Waals surface area (Å²) in [4.78, 5) is 20.7. The van der Waals surface area contributed by atoms with Crippen LogP contribution in [0.2, 0.25) is 5.02 Å². The zero-order chi connectivity index (χ0) is 17.7. The van der Waals surface area contributed by atoms with Gasteiger partial charge in [0.2, 0.25) is 0 Å². The molecule has 2 rings (SSSR count). The summed E-state index contributed by atoms with van der Waals surface area (Å²) in [6.07, 6.45) is 0.515. The number of halogens is 1. The van der Waals surface area contributed by atoms with Crippen LogP contribution < -0.4 is 4.74 Å². The van der Waals surface area contributed by atoms with Gasteiger partial charge in [-0.15, -0.1) is 0 Å². The fraction of sp³-hybridized carbons (Fsp3) is 0.389. The number of methoxy groups -OCH3 is 1. The minimum Gasteiger partial charge on any atom is -0.437 e. The molecule has 0 amide bonds. The van der Waals surface area contributed by atoms with E-state index in [4.69, 9.17) is 16.3 Å². The van der Waals surface area contributed by atoms with Crippen molar-refractivity contribution in [2.45, 2.75) is 33.6 Å². The van der Waals surface area contributed by atoms with Crippen molar-refractivity contribution in [1.29, 1.82) is 0 Å². The summed E-state index contributed by atoms with van der Waals surface area (Å²) in [5.74, 6) is 1.34. The Morgan fingerprint density at radius 2 is 1.79 bits per heavy atom. The van der Waals surface area contributed by atoms with Gasteiger partial charge in [0.05, 0.1) is 18.5 Å². The van der Waals surface area contributed by atoms with E-state index in [1.807, 2.05) is 19.1 Å². The third-order valence-corrected chi connectivity index (χ3v) is 3.65. The second-order valence-corrected chi connectivity index (χ2v) is 6.22. The van der Waals surface area contributed by atoms with Crippen LogP contribution in [0.5, 0.6) is 5.75 Å². The Hall–Kier alpha value is -2.14. The molecule has 5 nitrogen and oxygen atoms in total. The summed E-state index contributed by atoms with van der Waals surface area (Å²) in [5.41, 5.74) is 2.24. The fourth-order valence-electron chi connectivity index (χ4n) is 2.28. The Kier molecular flexibility index (Phi) is 6.15. The molecule has 0 saturated heterocycles.